The third kappa shape index (κ3) is 4.82. The molecule has 18 heavy (non-hydrogen) atoms. The van der Waals surface area contributed by atoms with Crippen molar-refractivity contribution < 1.29 is 14.7 Å². The van der Waals surface area contributed by atoms with Crippen LogP contribution in [0.4, 0.5) is 10.5 Å². The Bertz CT molecular complexity index is 417. The van der Waals surface area contributed by atoms with E-state index in [2.05, 4.69) is 15.6 Å². The number of amides is 2. The van der Waals surface area contributed by atoms with Crippen molar-refractivity contribution in [3.63, 3.8) is 0 Å². The molecule has 3 N–H and O–H groups in total. The van der Waals surface area contributed by atoms with Gasteiger partial charge in [-0.05, 0) is 25.5 Å². The SMILES string of the molecule is Cc1ccc(NC(=O)NCCC(C)C(=O)O)cn1. The number of aromatic nitrogens is 1. The molecule has 1 rings (SSSR count). The van der Waals surface area contributed by atoms with E-state index in [1.165, 1.54) is 0 Å². The topological polar surface area (TPSA) is 91.3 Å². The molecule has 2 amide bonds. The van der Waals surface area contributed by atoms with Gasteiger partial charge < -0.3 is 15.7 Å². The first-order valence-electron chi connectivity index (χ1n) is 5.69. The van der Waals surface area contributed by atoms with Crippen molar-refractivity contribution in [2.24, 2.45) is 5.92 Å². The van der Waals surface area contributed by atoms with Gasteiger partial charge in [-0.15, -0.1) is 0 Å². The highest BCUT2D eigenvalue weighted by Gasteiger charge is 2.10. The molecule has 0 spiro atoms. The van der Waals surface area contributed by atoms with Crippen LogP contribution in [0.5, 0.6) is 0 Å². The molecule has 0 aliphatic carbocycles. The Balaban J connectivity index is 2.30. The van der Waals surface area contributed by atoms with Gasteiger partial charge in [-0.3, -0.25) is 9.78 Å². The molecule has 0 aliphatic heterocycles. The van der Waals surface area contributed by atoms with E-state index < -0.39 is 11.9 Å². The van der Waals surface area contributed by atoms with Crippen LogP contribution in [0.1, 0.15) is 19.0 Å². The van der Waals surface area contributed by atoms with Crippen molar-refractivity contribution in [3.8, 4) is 0 Å². The number of rotatable bonds is 5. The average Bonchev–Trinajstić information content (AvgIpc) is 2.32. The second-order valence-electron chi connectivity index (χ2n) is 4.10. The first-order valence-corrected chi connectivity index (χ1v) is 5.69. The van der Waals surface area contributed by atoms with Gasteiger partial charge in [0.1, 0.15) is 0 Å². The van der Waals surface area contributed by atoms with Crippen LogP contribution in [0.2, 0.25) is 0 Å². The molecule has 98 valence electrons. The molecule has 0 saturated carbocycles. The maximum atomic E-state index is 11.5. The van der Waals surface area contributed by atoms with E-state index in [-0.39, 0.29) is 6.03 Å². The van der Waals surface area contributed by atoms with Gasteiger partial charge in [0.05, 0.1) is 17.8 Å². The number of aliphatic carboxylic acids is 1. The molecule has 1 unspecified atom stereocenters. The molecule has 0 bridgehead atoms. The van der Waals surface area contributed by atoms with E-state index in [4.69, 9.17) is 5.11 Å². The molecule has 0 fully saturated rings. The van der Waals surface area contributed by atoms with Gasteiger partial charge in [0.2, 0.25) is 0 Å². The summed E-state index contributed by atoms with van der Waals surface area (Å²) in [5, 5.41) is 13.9. The Labute approximate surface area is 105 Å². The number of anilines is 1. The standard InChI is InChI=1S/C12H17N3O3/c1-8(11(16)17)5-6-13-12(18)15-10-4-3-9(2)14-7-10/h3-4,7-8H,5-6H2,1-2H3,(H,16,17)(H2,13,15,18). The molecule has 0 radical (unpaired) electrons. The predicted molar refractivity (Wildman–Crippen MR) is 67.4 cm³/mol. The number of hydrogen-bond donors (Lipinski definition) is 3. The van der Waals surface area contributed by atoms with Gasteiger partial charge in [0.25, 0.3) is 0 Å². The monoisotopic (exact) mass is 251 g/mol. The first-order chi connectivity index (χ1) is 8.49. The minimum absolute atomic E-state index is 0.318. The zero-order valence-electron chi connectivity index (χ0n) is 10.4. The van der Waals surface area contributed by atoms with Gasteiger partial charge in [0, 0.05) is 12.2 Å². The molecule has 0 aliphatic rings. The highest BCUT2D eigenvalue weighted by atomic mass is 16.4. The predicted octanol–water partition coefficient (Wildman–Crippen LogP) is 1.62. The van der Waals surface area contributed by atoms with Gasteiger partial charge >= 0.3 is 12.0 Å². The van der Waals surface area contributed by atoms with E-state index in [9.17, 15) is 9.59 Å². The van der Waals surface area contributed by atoms with E-state index in [0.717, 1.165) is 5.69 Å². The summed E-state index contributed by atoms with van der Waals surface area (Å²) in [5.41, 5.74) is 1.47. The Morgan fingerprint density at radius 3 is 2.72 bits per heavy atom. The molecule has 1 aromatic rings. The molecule has 1 atom stereocenters. The summed E-state index contributed by atoms with van der Waals surface area (Å²) >= 11 is 0. The number of carboxylic acids is 1. The van der Waals surface area contributed by atoms with E-state index in [1.54, 1.807) is 25.3 Å². The lowest BCUT2D eigenvalue weighted by atomic mass is 10.1. The third-order valence-corrected chi connectivity index (χ3v) is 2.45. The minimum atomic E-state index is -0.861. The van der Waals surface area contributed by atoms with Crippen LogP contribution in [0.25, 0.3) is 0 Å². The summed E-state index contributed by atoms with van der Waals surface area (Å²) in [7, 11) is 0. The van der Waals surface area contributed by atoms with Gasteiger partial charge in [-0.1, -0.05) is 6.92 Å². The van der Waals surface area contributed by atoms with Crippen LogP contribution in [-0.4, -0.2) is 28.6 Å². The molecule has 1 heterocycles. The van der Waals surface area contributed by atoms with Gasteiger partial charge in [-0.25, -0.2) is 4.79 Å². The first kappa shape index (κ1) is 14.0. The Hall–Kier alpha value is -2.11. The van der Waals surface area contributed by atoms with Crippen molar-refractivity contribution in [3.05, 3.63) is 24.0 Å². The third-order valence-electron chi connectivity index (χ3n) is 2.45. The van der Waals surface area contributed by atoms with Crippen LogP contribution in [0.3, 0.4) is 0 Å². The van der Waals surface area contributed by atoms with Crippen LogP contribution in [0.15, 0.2) is 18.3 Å². The second-order valence-corrected chi connectivity index (χ2v) is 4.10. The number of carbonyl (C=O) groups is 2. The van der Waals surface area contributed by atoms with E-state index in [1.807, 2.05) is 6.92 Å². The Morgan fingerprint density at radius 1 is 1.44 bits per heavy atom. The summed E-state index contributed by atoms with van der Waals surface area (Å²) in [5.74, 6) is -1.33. The maximum absolute atomic E-state index is 11.5. The van der Waals surface area contributed by atoms with Crippen molar-refractivity contribution in [2.45, 2.75) is 20.3 Å². The van der Waals surface area contributed by atoms with Crippen LogP contribution >= 0.6 is 0 Å². The fourth-order valence-corrected chi connectivity index (χ4v) is 1.24. The van der Waals surface area contributed by atoms with Crippen molar-refractivity contribution in [2.75, 3.05) is 11.9 Å². The quantitative estimate of drug-likeness (QED) is 0.741. The lowest BCUT2D eigenvalue weighted by Gasteiger charge is -2.09. The number of pyridine rings is 1. The van der Waals surface area contributed by atoms with Crippen LogP contribution < -0.4 is 10.6 Å². The average molecular weight is 251 g/mol. The number of carbonyl (C=O) groups excluding carboxylic acids is 1. The fraction of sp³-hybridized carbons (Fsp3) is 0.417. The molecule has 0 aromatic carbocycles. The molecule has 6 nitrogen and oxygen atoms in total. The summed E-state index contributed by atoms with van der Waals surface area (Å²) in [6, 6.07) is 3.18. The summed E-state index contributed by atoms with van der Waals surface area (Å²) in [6.45, 7) is 3.78. The van der Waals surface area contributed by atoms with Crippen molar-refractivity contribution >= 4 is 17.7 Å². The normalized spacial score (nSPS) is 11.7. The van der Waals surface area contributed by atoms with Gasteiger partial charge in [-0.2, -0.15) is 0 Å². The lowest BCUT2D eigenvalue weighted by Crippen LogP contribution is -2.31. The van der Waals surface area contributed by atoms with E-state index in [0.29, 0.717) is 18.7 Å². The number of carboxylic acid groups (broad SMARTS) is 1. The number of nitrogens with one attached hydrogen (secondary N) is 2. The number of hydrogen-bond acceptors (Lipinski definition) is 3. The number of nitrogens with zero attached hydrogens (tertiary/aromatic N) is 1. The molecular formula is C12H17N3O3. The molecule has 6 heteroatoms. The minimum Gasteiger partial charge on any atom is -0.481 e. The highest BCUT2D eigenvalue weighted by molar-refractivity contribution is 5.88. The maximum Gasteiger partial charge on any atom is 0.319 e. The van der Waals surface area contributed by atoms with Crippen LogP contribution in [-0.2, 0) is 4.79 Å². The van der Waals surface area contributed by atoms with Crippen molar-refractivity contribution in [1.29, 1.82) is 0 Å². The smallest absolute Gasteiger partial charge is 0.319 e. The van der Waals surface area contributed by atoms with Crippen molar-refractivity contribution in [1.82, 2.24) is 10.3 Å². The number of urea groups is 1. The number of aryl methyl sites for hydroxylation is 1. The lowest BCUT2D eigenvalue weighted by molar-refractivity contribution is -0.141. The zero-order chi connectivity index (χ0) is 13.5. The Morgan fingerprint density at radius 2 is 2.17 bits per heavy atom. The highest BCUT2D eigenvalue weighted by Crippen LogP contribution is 2.05. The largest absolute Gasteiger partial charge is 0.481 e. The van der Waals surface area contributed by atoms with Crippen LogP contribution in [0, 0.1) is 12.8 Å². The molecular weight excluding hydrogens is 234 g/mol. The zero-order valence-corrected chi connectivity index (χ0v) is 10.4. The second kappa shape index (κ2) is 6.58. The fourth-order valence-electron chi connectivity index (χ4n) is 1.24. The summed E-state index contributed by atoms with van der Waals surface area (Å²) in [6.07, 6.45) is 1.96. The molecule has 1 aromatic heterocycles. The Kier molecular flexibility index (Phi) is 5.10. The van der Waals surface area contributed by atoms with E-state index >= 15 is 0 Å². The summed E-state index contributed by atoms with van der Waals surface area (Å²) in [4.78, 5) is 26.1. The van der Waals surface area contributed by atoms with Gasteiger partial charge in [0.15, 0.2) is 0 Å². The molecule has 0 saturated heterocycles. The summed E-state index contributed by atoms with van der Waals surface area (Å²) < 4.78 is 0.